The molecule has 0 aliphatic heterocycles. The molecular formula is C14H13BrN2OS. The Morgan fingerprint density at radius 2 is 1.89 bits per heavy atom. The van der Waals surface area contributed by atoms with Crippen LogP contribution in [0.1, 0.15) is 10.4 Å². The number of carbonyl (C=O) groups excluding carboxylic acids is 1. The summed E-state index contributed by atoms with van der Waals surface area (Å²) < 4.78 is 0.882. The summed E-state index contributed by atoms with van der Waals surface area (Å²) in [5.74, 6) is -0.165. The zero-order chi connectivity index (χ0) is 13.8. The third kappa shape index (κ3) is 3.52. The van der Waals surface area contributed by atoms with Crippen molar-refractivity contribution in [2.24, 2.45) is 0 Å². The molecule has 2 aromatic carbocycles. The van der Waals surface area contributed by atoms with Gasteiger partial charge in [0.05, 0.1) is 11.4 Å². The van der Waals surface area contributed by atoms with E-state index in [9.17, 15) is 4.79 Å². The second-order valence-electron chi connectivity index (χ2n) is 3.91. The highest BCUT2D eigenvalue weighted by atomic mass is 79.9. The van der Waals surface area contributed by atoms with Crippen LogP contribution in [0.3, 0.4) is 0 Å². The second-order valence-corrected chi connectivity index (χ2v) is 5.71. The minimum atomic E-state index is -0.165. The van der Waals surface area contributed by atoms with Crippen LogP contribution in [0.5, 0.6) is 0 Å². The van der Waals surface area contributed by atoms with Gasteiger partial charge in [0.15, 0.2) is 0 Å². The first-order valence-electron chi connectivity index (χ1n) is 5.60. The van der Waals surface area contributed by atoms with Crippen LogP contribution in [-0.4, -0.2) is 12.2 Å². The number of nitrogen functional groups attached to an aromatic ring is 1. The number of halogens is 1. The molecule has 2 rings (SSSR count). The van der Waals surface area contributed by atoms with Crippen molar-refractivity contribution in [1.82, 2.24) is 0 Å². The van der Waals surface area contributed by atoms with Gasteiger partial charge in [-0.25, -0.2) is 0 Å². The molecule has 5 heteroatoms. The number of hydrogen-bond acceptors (Lipinski definition) is 3. The molecule has 0 saturated carbocycles. The van der Waals surface area contributed by atoms with Crippen molar-refractivity contribution in [2.45, 2.75) is 4.90 Å². The molecule has 0 bridgehead atoms. The van der Waals surface area contributed by atoms with Crippen molar-refractivity contribution < 1.29 is 4.79 Å². The predicted molar refractivity (Wildman–Crippen MR) is 84.7 cm³/mol. The van der Waals surface area contributed by atoms with Gasteiger partial charge in [-0.2, -0.15) is 0 Å². The maximum atomic E-state index is 12.1. The molecule has 2 aromatic rings. The van der Waals surface area contributed by atoms with Gasteiger partial charge in [-0.05, 0) is 48.7 Å². The number of thioether (sulfide) groups is 1. The quantitative estimate of drug-likeness (QED) is 0.657. The van der Waals surface area contributed by atoms with Gasteiger partial charge in [-0.3, -0.25) is 4.79 Å². The maximum absolute atomic E-state index is 12.1. The first-order chi connectivity index (χ1) is 9.10. The topological polar surface area (TPSA) is 55.1 Å². The van der Waals surface area contributed by atoms with Gasteiger partial charge in [0.2, 0.25) is 0 Å². The van der Waals surface area contributed by atoms with Crippen LogP contribution in [-0.2, 0) is 0 Å². The van der Waals surface area contributed by atoms with Gasteiger partial charge in [0.1, 0.15) is 0 Å². The molecule has 1 amide bonds. The largest absolute Gasteiger partial charge is 0.397 e. The lowest BCUT2D eigenvalue weighted by atomic mass is 10.2. The lowest BCUT2D eigenvalue weighted by Crippen LogP contribution is -2.13. The number of benzene rings is 2. The van der Waals surface area contributed by atoms with Crippen LogP contribution in [0.15, 0.2) is 51.8 Å². The van der Waals surface area contributed by atoms with Crippen LogP contribution in [0, 0.1) is 0 Å². The zero-order valence-corrected chi connectivity index (χ0v) is 12.7. The van der Waals surface area contributed by atoms with Crippen LogP contribution < -0.4 is 11.1 Å². The number of amides is 1. The maximum Gasteiger partial charge on any atom is 0.255 e. The fourth-order valence-electron chi connectivity index (χ4n) is 1.58. The Hall–Kier alpha value is -1.46. The van der Waals surface area contributed by atoms with E-state index < -0.39 is 0 Å². The number of hydrogen-bond donors (Lipinski definition) is 2. The van der Waals surface area contributed by atoms with Crippen LogP contribution in [0.4, 0.5) is 11.4 Å². The Kier molecular flexibility index (Phi) is 4.50. The van der Waals surface area contributed by atoms with E-state index in [-0.39, 0.29) is 5.91 Å². The standard InChI is InChI=1S/C14H13BrN2OS/c1-19-11-5-2-9(3-6-11)14(18)17-13-7-4-10(15)8-12(13)16/h2-8H,16H2,1H3,(H,17,18). The summed E-state index contributed by atoms with van der Waals surface area (Å²) in [6.45, 7) is 0. The number of rotatable bonds is 3. The first kappa shape index (κ1) is 14.0. The van der Waals surface area contributed by atoms with Crippen molar-refractivity contribution in [2.75, 3.05) is 17.3 Å². The number of nitrogens with two attached hydrogens (primary N) is 1. The molecule has 0 fully saturated rings. The fraction of sp³-hybridized carbons (Fsp3) is 0.0714. The molecule has 0 saturated heterocycles. The molecule has 0 heterocycles. The van der Waals surface area contributed by atoms with E-state index in [1.807, 2.05) is 24.5 Å². The van der Waals surface area contributed by atoms with E-state index in [0.717, 1.165) is 9.37 Å². The van der Waals surface area contributed by atoms with Crippen LogP contribution >= 0.6 is 27.7 Å². The Labute approximate surface area is 124 Å². The van der Waals surface area contributed by atoms with Gasteiger partial charge in [0.25, 0.3) is 5.91 Å². The molecule has 0 aliphatic carbocycles. The molecule has 0 spiro atoms. The summed E-state index contributed by atoms with van der Waals surface area (Å²) in [4.78, 5) is 13.2. The van der Waals surface area contributed by atoms with E-state index in [1.165, 1.54) is 0 Å². The van der Waals surface area contributed by atoms with Crippen LogP contribution in [0.25, 0.3) is 0 Å². The Morgan fingerprint density at radius 3 is 2.47 bits per heavy atom. The van der Waals surface area contributed by atoms with E-state index in [0.29, 0.717) is 16.9 Å². The van der Waals surface area contributed by atoms with Gasteiger partial charge < -0.3 is 11.1 Å². The summed E-state index contributed by atoms with van der Waals surface area (Å²) in [5, 5.41) is 2.80. The summed E-state index contributed by atoms with van der Waals surface area (Å²) in [6.07, 6.45) is 2.00. The minimum Gasteiger partial charge on any atom is -0.397 e. The van der Waals surface area contributed by atoms with Gasteiger partial charge in [0, 0.05) is 14.9 Å². The highest BCUT2D eigenvalue weighted by molar-refractivity contribution is 9.10. The molecule has 19 heavy (non-hydrogen) atoms. The monoisotopic (exact) mass is 336 g/mol. The average Bonchev–Trinajstić information content (AvgIpc) is 2.42. The third-order valence-corrected chi connectivity index (χ3v) is 3.85. The summed E-state index contributed by atoms with van der Waals surface area (Å²) in [7, 11) is 0. The third-order valence-electron chi connectivity index (χ3n) is 2.61. The molecular weight excluding hydrogens is 324 g/mol. The van der Waals surface area contributed by atoms with Gasteiger partial charge in [-0.1, -0.05) is 15.9 Å². The highest BCUT2D eigenvalue weighted by Crippen LogP contribution is 2.23. The molecule has 0 radical (unpaired) electrons. The Morgan fingerprint density at radius 1 is 1.21 bits per heavy atom. The molecule has 3 N–H and O–H groups in total. The smallest absolute Gasteiger partial charge is 0.255 e. The van der Waals surface area contributed by atoms with E-state index >= 15 is 0 Å². The van der Waals surface area contributed by atoms with E-state index in [2.05, 4.69) is 21.2 Å². The fourth-order valence-corrected chi connectivity index (χ4v) is 2.37. The van der Waals surface area contributed by atoms with Crippen LogP contribution in [0.2, 0.25) is 0 Å². The van der Waals surface area contributed by atoms with Crippen molar-refractivity contribution in [3.8, 4) is 0 Å². The summed E-state index contributed by atoms with van der Waals surface area (Å²) in [6, 6.07) is 12.8. The summed E-state index contributed by atoms with van der Waals surface area (Å²) in [5.41, 5.74) is 7.60. The molecule has 0 atom stereocenters. The van der Waals surface area contributed by atoms with Crippen molar-refractivity contribution in [1.29, 1.82) is 0 Å². The van der Waals surface area contributed by atoms with Crippen molar-refractivity contribution in [3.05, 3.63) is 52.5 Å². The first-order valence-corrected chi connectivity index (χ1v) is 7.62. The van der Waals surface area contributed by atoms with E-state index in [1.54, 1.807) is 36.0 Å². The zero-order valence-electron chi connectivity index (χ0n) is 10.3. The molecule has 98 valence electrons. The lowest BCUT2D eigenvalue weighted by Gasteiger charge is -2.08. The van der Waals surface area contributed by atoms with Crippen molar-refractivity contribution in [3.63, 3.8) is 0 Å². The average molecular weight is 337 g/mol. The van der Waals surface area contributed by atoms with E-state index in [4.69, 9.17) is 5.73 Å². The SMILES string of the molecule is CSc1ccc(C(=O)Nc2ccc(Br)cc2N)cc1. The summed E-state index contributed by atoms with van der Waals surface area (Å²) >= 11 is 4.97. The Bertz CT molecular complexity index is 599. The number of carbonyl (C=O) groups is 1. The van der Waals surface area contributed by atoms with Crippen molar-refractivity contribution >= 4 is 45.0 Å². The number of nitrogens with one attached hydrogen (secondary N) is 1. The van der Waals surface area contributed by atoms with Gasteiger partial charge in [-0.15, -0.1) is 11.8 Å². The molecule has 0 aromatic heterocycles. The molecule has 0 aliphatic rings. The minimum absolute atomic E-state index is 0.165. The Balaban J connectivity index is 2.15. The second kappa shape index (κ2) is 6.12. The van der Waals surface area contributed by atoms with Gasteiger partial charge >= 0.3 is 0 Å². The molecule has 0 unspecified atom stereocenters. The number of anilines is 2. The molecule has 3 nitrogen and oxygen atoms in total. The highest BCUT2D eigenvalue weighted by Gasteiger charge is 2.08. The predicted octanol–water partition coefficient (Wildman–Crippen LogP) is 4.01. The normalized spacial score (nSPS) is 10.2. The lowest BCUT2D eigenvalue weighted by molar-refractivity contribution is 0.102.